The zero-order valence-corrected chi connectivity index (χ0v) is 24.9. The molecule has 0 unspecified atom stereocenters. The third kappa shape index (κ3) is 4.68. The van der Waals surface area contributed by atoms with Crippen LogP contribution in [0.1, 0.15) is 16.4 Å². The van der Waals surface area contributed by atoms with Crippen molar-refractivity contribution in [3.05, 3.63) is 117 Å². The topological polar surface area (TPSA) is 97.7 Å². The average Bonchev–Trinajstić information content (AvgIpc) is 3.48. The maximum Gasteiger partial charge on any atom is 0.308 e. The second kappa shape index (κ2) is 11.1. The van der Waals surface area contributed by atoms with Crippen LogP contribution < -0.4 is 19.8 Å². The van der Waals surface area contributed by atoms with Crippen LogP contribution in [0.5, 0.6) is 5.75 Å². The normalized spacial score (nSPS) is 19.1. The minimum Gasteiger partial charge on any atom is -0.497 e. The Morgan fingerprint density at radius 2 is 1.64 bits per heavy atom. The number of thiazole rings is 1. The average molecular weight is 626 g/mol. The summed E-state index contributed by atoms with van der Waals surface area (Å²) < 4.78 is 20.4. The number of halogens is 1. The second-order valence-electron chi connectivity index (χ2n) is 10.5. The van der Waals surface area contributed by atoms with Crippen LogP contribution in [0.25, 0.3) is 10.8 Å². The lowest BCUT2D eigenvalue weighted by Gasteiger charge is -2.30. The van der Waals surface area contributed by atoms with E-state index in [1.165, 1.54) is 28.8 Å². The SMILES string of the molecule is COc1ccc([C@@H]2c3sc(=O)n(CC(=O)Nc4cccc5ccccc45)c3S[C@H]3C(=O)N(c4ccc(F)cc4)C(=O)[C@@H]23)cc1. The summed E-state index contributed by atoms with van der Waals surface area (Å²) in [6.45, 7) is -0.266. The molecule has 0 radical (unpaired) electrons. The summed E-state index contributed by atoms with van der Waals surface area (Å²) in [5.41, 5.74) is 1.64. The van der Waals surface area contributed by atoms with Gasteiger partial charge < -0.3 is 10.1 Å². The molecule has 0 spiro atoms. The van der Waals surface area contributed by atoms with Gasteiger partial charge in [0.15, 0.2) is 0 Å². The maximum absolute atomic E-state index is 14.0. The largest absolute Gasteiger partial charge is 0.497 e. The van der Waals surface area contributed by atoms with Crippen molar-refractivity contribution in [3.63, 3.8) is 0 Å². The highest BCUT2D eigenvalue weighted by Gasteiger charge is 2.56. The first kappa shape index (κ1) is 28.1. The molecule has 7 rings (SSSR count). The van der Waals surface area contributed by atoms with E-state index in [-0.39, 0.29) is 17.1 Å². The highest BCUT2D eigenvalue weighted by Crippen LogP contribution is 2.54. The number of thioether (sulfide) groups is 1. The van der Waals surface area contributed by atoms with E-state index in [1.807, 2.05) is 48.5 Å². The van der Waals surface area contributed by atoms with Crippen molar-refractivity contribution in [2.75, 3.05) is 17.3 Å². The third-order valence-corrected chi connectivity index (χ3v) is 10.6. The van der Waals surface area contributed by atoms with Gasteiger partial charge in [0, 0.05) is 21.9 Å². The first-order valence-electron chi connectivity index (χ1n) is 13.8. The smallest absolute Gasteiger partial charge is 0.308 e. The molecule has 1 aromatic heterocycles. The Kier molecular flexibility index (Phi) is 7.06. The molecule has 5 aromatic rings. The summed E-state index contributed by atoms with van der Waals surface area (Å²) in [5.74, 6) is -2.57. The molecule has 2 aliphatic heterocycles. The Morgan fingerprint density at radius 1 is 0.909 bits per heavy atom. The van der Waals surface area contributed by atoms with E-state index < -0.39 is 40.6 Å². The lowest BCUT2D eigenvalue weighted by molar-refractivity contribution is -0.122. The molecule has 4 aromatic carbocycles. The van der Waals surface area contributed by atoms with Gasteiger partial charge in [-0.2, -0.15) is 0 Å². The van der Waals surface area contributed by atoms with E-state index in [1.54, 1.807) is 25.3 Å². The predicted molar refractivity (Wildman–Crippen MR) is 168 cm³/mol. The van der Waals surface area contributed by atoms with Gasteiger partial charge in [0.2, 0.25) is 17.7 Å². The monoisotopic (exact) mass is 625 g/mol. The van der Waals surface area contributed by atoms with Crippen molar-refractivity contribution in [3.8, 4) is 5.75 Å². The third-order valence-electron chi connectivity index (χ3n) is 7.97. The number of benzene rings is 4. The number of fused-ring (bicyclic) bond motifs is 3. The Hall–Kier alpha value is -4.74. The Labute approximate surface area is 259 Å². The number of rotatable bonds is 6. The van der Waals surface area contributed by atoms with Crippen molar-refractivity contribution in [1.82, 2.24) is 4.57 Å². The van der Waals surface area contributed by atoms with E-state index in [4.69, 9.17) is 4.74 Å². The van der Waals surface area contributed by atoms with Crippen molar-refractivity contribution >= 4 is 63.0 Å². The molecule has 0 aliphatic carbocycles. The zero-order valence-electron chi connectivity index (χ0n) is 23.2. The highest BCUT2D eigenvalue weighted by molar-refractivity contribution is 8.00. The molecule has 0 bridgehead atoms. The van der Waals surface area contributed by atoms with Crippen LogP contribution in [-0.4, -0.2) is 34.6 Å². The first-order valence-corrected chi connectivity index (χ1v) is 15.5. The number of amides is 3. The molecule has 2 aliphatic rings. The summed E-state index contributed by atoms with van der Waals surface area (Å²) in [7, 11) is 1.55. The molecule has 1 N–H and O–H groups in total. The number of ether oxygens (including phenoxy) is 1. The van der Waals surface area contributed by atoms with E-state index >= 15 is 0 Å². The number of carbonyl (C=O) groups excluding carboxylic acids is 3. The Balaban J connectivity index is 1.28. The van der Waals surface area contributed by atoms with Gasteiger partial charge in [-0.25, -0.2) is 9.29 Å². The molecular weight excluding hydrogens is 602 g/mol. The van der Waals surface area contributed by atoms with Crippen molar-refractivity contribution < 1.29 is 23.5 Å². The highest BCUT2D eigenvalue weighted by atomic mass is 32.2. The summed E-state index contributed by atoms with van der Waals surface area (Å²) in [5, 5.41) is 4.40. The number of imide groups is 1. The summed E-state index contributed by atoms with van der Waals surface area (Å²) in [4.78, 5) is 55.9. The van der Waals surface area contributed by atoms with Crippen molar-refractivity contribution in [1.29, 1.82) is 0 Å². The van der Waals surface area contributed by atoms with E-state index in [9.17, 15) is 23.6 Å². The van der Waals surface area contributed by atoms with Crippen LogP contribution in [-0.2, 0) is 20.9 Å². The minimum absolute atomic E-state index is 0.266. The fourth-order valence-corrected chi connectivity index (χ4v) is 8.71. The lowest BCUT2D eigenvalue weighted by Crippen LogP contribution is -2.33. The molecule has 3 atom stereocenters. The molecule has 3 amide bonds. The van der Waals surface area contributed by atoms with Crippen LogP contribution in [0.4, 0.5) is 15.8 Å². The number of nitrogens with zero attached hydrogens (tertiary/aromatic N) is 2. The van der Waals surface area contributed by atoms with Crippen molar-refractivity contribution in [2.45, 2.75) is 22.7 Å². The Bertz CT molecular complexity index is 2000. The van der Waals surface area contributed by atoms with Crippen molar-refractivity contribution in [2.24, 2.45) is 5.92 Å². The van der Waals surface area contributed by atoms with Gasteiger partial charge in [0.1, 0.15) is 23.4 Å². The zero-order chi connectivity index (χ0) is 30.5. The number of hydrogen-bond donors (Lipinski definition) is 1. The fourth-order valence-electron chi connectivity index (χ4n) is 5.94. The molecule has 3 heterocycles. The summed E-state index contributed by atoms with van der Waals surface area (Å²) in [6.07, 6.45) is 0. The van der Waals surface area contributed by atoms with Gasteiger partial charge in [-0.15, -0.1) is 0 Å². The molecule has 0 saturated carbocycles. The van der Waals surface area contributed by atoms with E-state index in [2.05, 4.69) is 5.32 Å². The van der Waals surface area contributed by atoms with Gasteiger partial charge >= 0.3 is 4.87 Å². The molecule has 11 heteroatoms. The van der Waals surface area contributed by atoms with Crippen LogP contribution in [0, 0.1) is 11.7 Å². The molecule has 1 fully saturated rings. The van der Waals surface area contributed by atoms with E-state index in [0.29, 0.717) is 21.3 Å². The van der Waals surface area contributed by atoms with Gasteiger partial charge in [-0.05, 0) is 53.4 Å². The quantitative estimate of drug-likeness (QED) is 0.245. The van der Waals surface area contributed by atoms with E-state index in [0.717, 1.165) is 44.3 Å². The molecule has 1 saturated heterocycles. The predicted octanol–water partition coefficient (Wildman–Crippen LogP) is 5.65. The number of anilines is 2. The van der Waals surface area contributed by atoms with Gasteiger partial charge in [0.25, 0.3) is 0 Å². The molecule has 8 nitrogen and oxygen atoms in total. The van der Waals surface area contributed by atoms with Crippen LogP contribution >= 0.6 is 23.1 Å². The standard InChI is InChI=1S/C33H24FN3O5S2/c1-42-22-15-9-19(10-16-22)26-27-28(31(40)37(30(27)39)21-13-11-20(34)12-14-21)43-32-29(26)44-33(41)36(32)17-25(38)35-24-8-4-6-18-5-2-3-7-23(18)24/h2-16,26-28H,17H2,1H3,(H,35,38)/t26-,27-,28+/m0/s1. The molecule has 220 valence electrons. The molecule has 44 heavy (non-hydrogen) atoms. The number of aromatic nitrogens is 1. The maximum atomic E-state index is 14.0. The van der Waals surface area contributed by atoms with Crippen LogP contribution in [0.15, 0.2) is 101 Å². The second-order valence-corrected chi connectivity index (χ2v) is 12.6. The van der Waals surface area contributed by atoms with Gasteiger partial charge in [-0.1, -0.05) is 71.6 Å². The fraction of sp³-hybridized carbons (Fsp3) is 0.152. The Morgan fingerprint density at radius 3 is 2.39 bits per heavy atom. The summed E-state index contributed by atoms with van der Waals surface area (Å²) >= 11 is 2.10. The number of nitrogens with one attached hydrogen (secondary N) is 1. The van der Waals surface area contributed by atoms with Crippen LogP contribution in [0.2, 0.25) is 0 Å². The summed E-state index contributed by atoms with van der Waals surface area (Å²) in [6, 6.07) is 25.7. The van der Waals surface area contributed by atoms with Gasteiger partial charge in [-0.3, -0.25) is 23.7 Å². The first-order chi connectivity index (χ1) is 21.3. The lowest BCUT2D eigenvalue weighted by atomic mass is 9.83. The van der Waals surface area contributed by atoms with Gasteiger partial charge in [0.05, 0.1) is 23.7 Å². The number of methoxy groups -OCH3 is 1. The minimum atomic E-state index is -0.853. The molecular formula is C33H24FN3O5S2. The number of carbonyl (C=O) groups is 3. The number of hydrogen-bond acceptors (Lipinski definition) is 7. The van der Waals surface area contributed by atoms with Crippen LogP contribution in [0.3, 0.4) is 0 Å².